The Hall–Kier alpha value is -3.58. The number of carbonyl (C=O) groups excluding carboxylic acids is 2. The number of amides is 1. The largest absolute Gasteiger partial charge is 0.465 e. The number of hydrogen-bond acceptors (Lipinski definition) is 5. The SMILES string of the molecule is COC(=O)c1ccc(-n2c(C)cc(/C=C3/SC(=Nc4ccc(C)cc4)NC3=O)c2C)cc1. The van der Waals surface area contributed by atoms with Gasteiger partial charge in [0.1, 0.15) is 0 Å². The van der Waals surface area contributed by atoms with E-state index in [0.29, 0.717) is 15.6 Å². The maximum atomic E-state index is 12.5. The average Bonchev–Trinajstić information content (AvgIpc) is 3.27. The maximum absolute atomic E-state index is 12.5. The zero-order valence-corrected chi connectivity index (χ0v) is 19.1. The molecule has 3 aromatic rings. The molecule has 0 atom stereocenters. The molecule has 162 valence electrons. The van der Waals surface area contributed by atoms with Crippen molar-refractivity contribution in [2.45, 2.75) is 20.8 Å². The van der Waals surface area contributed by atoms with Crippen LogP contribution in [-0.2, 0) is 9.53 Å². The predicted molar refractivity (Wildman–Crippen MR) is 129 cm³/mol. The zero-order chi connectivity index (χ0) is 22.8. The summed E-state index contributed by atoms with van der Waals surface area (Å²) in [5.41, 5.74) is 6.37. The number of thioether (sulfide) groups is 1. The van der Waals surface area contributed by atoms with E-state index in [-0.39, 0.29) is 11.9 Å². The molecule has 1 aromatic heterocycles. The Morgan fingerprint density at radius 2 is 1.75 bits per heavy atom. The van der Waals surface area contributed by atoms with E-state index in [1.807, 2.05) is 69.3 Å². The van der Waals surface area contributed by atoms with Crippen molar-refractivity contribution in [1.29, 1.82) is 0 Å². The van der Waals surface area contributed by atoms with Gasteiger partial charge in [0.05, 0.1) is 23.3 Å². The summed E-state index contributed by atoms with van der Waals surface area (Å²) in [4.78, 5) is 29.3. The van der Waals surface area contributed by atoms with Crippen LogP contribution in [-0.4, -0.2) is 28.7 Å². The fourth-order valence-electron chi connectivity index (χ4n) is 3.55. The lowest BCUT2D eigenvalue weighted by Gasteiger charge is -2.10. The normalized spacial score (nSPS) is 15.9. The van der Waals surface area contributed by atoms with Crippen LogP contribution in [0.5, 0.6) is 0 Å². The first kappa shape index (κ1) is 21.6. The second-order valence-electron chi connectivity index (χ2n) is 7.52. The lowest BCUT2D eigenvalue weighted by molar-refractivity contribution is -0.115. The van der Waals surface area contributed by atoms with Gasteiger partial charge >= 0.3 is 5.97 Å². The Kier molecular flexibility index (Phi) is 6.01. The number of hydrogen-bond donors (Lipinski definition) is 1. The van der Waals surface area contributed by atoms with Crippen LogP contribution in [0.4, 0.5) is 5.69 Å². The summed E-state index contributed by atoms with van der Waals surface area (Å²) in [6.45, 7) is 6.04. The highest BCUT2D eigenvalue weighted by molar-refractivity contribution is 8.18. The Balaban J connectivity index is 1.60. The van der Waals surface area contributed by atoms with Gasteiger partial charge in [0.15, 0.2) is 5.17 Å². The molecule has 0 spiro atoms. The monoisotopic (exact) mass is 445 g/mol. The lowest BCUT2D eigenvalue weighted by atomic mass is 10.2. The molecule has 0 bridgehead atoms. The third-order valence-corrected chi connectivity index (χ3v) is 6.13. The summed E-state index contributed by atoms with van der Waals surface area (Å²) in [6.07, 6.45) is 1.89. The molecule has 2 heterocycles. The average molecular weight is 446 g/mol. The molecule has 0 unspecified atom stereocenters. The van der Waals surface area contributed by atoms with Gasteiger partial charge in [-0.2, -0.15) is 0 Å². The molecule has 7 heteroatoms. The Labute approximate surface area is 191 Å². The van der Waals surface area contributed by atoms with Crippen molar-refractivity contribution in [3.8, 4) is 5.69 Å². The van der Waals surface area contributed by atoms with Crippen molar-refractivity contribution in [2.24, 2.45) is 4.99 Å². The lowest BCUT2D eigenvalue weighted by Crippen LogP contribution is -2.19. The quantitative estimate of drug-likeness (QED) is 0.449. The number of nitrogens with one attached hydrogen (secondary N) is 1. The van der Waals surface area contributed by atoms with E-state index in [0.717, 1.165) is 33.9 Å². The molecule has 1 fully saturated rings. The highest BCUT2D eigenvalue weighted by atomic mass is 32.2. The molecule has 6 nitrogen and oxygen atoms in total. The van der Waals surface area contributed by atoms with Crippen LogP contribution < -0.4 is 5.32 Å². The van der Waals surface area contributed by atoms with Crippen LogP contribution in [0.2, 0.25) is 0 Å². The van der Waals surface area contributed by atoms with Gasteiger partial charge in [0.2, 0.25) is 0 Å². The minimum Gasteiger partial charge on any atom is -0.465 e. The molecular formula is C25H23N3O3S. The highest BCUT2D eigenvalue weighted by Gasteiger charge is 2.24. The van der Waals surface area contributed by atoms with Crippen molar-refractivity contribution in [2.75, 3.05) is 7.11 Å². The molecule has 4 rings (SSSR count). The number of nitrogens with zero attached hydrogens (tertiary/aromatic N) is 2. The van der Waals surface area contributed by atoms with Crippen LogP contribution in [0.15, 0.2) is 64.5 Å². The number of methoxy groups -OCH3 is 1. The predicted octanol–water partition coefficient (Wildman–Crippen LogP) is 5.08. The van der Waals surface area contributed by atoms with Gasteiger partial charge in [-0.3, -0.25) is 4.79 Å². The first-order chi connectivity index (χ1) is 15.4. The second-order valence-corrected chi connectivity index (χ2v) is 8.55. The first-order valence-corrected chi connectivity index (χ1v) is 10.9. The standard InChI is InChI=1S/C25H23N3O3S/c1-15-5-9-20(10-6-15)26-25-27-23(29)22(32-25)14-19-13-16(2)28(17(19)3)21-11-7-18(8-12-21)24(30)31-4/h5-14H,1-4H3,(H,26,27,29)/b22-14+. The smallest absolute Gasteiger partial charge is 0.337 e. The topological polar surface area (TPSA) is 72.7 Å². The molecule has 0 aliphatic carbocycles. The van der Waals surface area contributed by atoms with Crippen LogP contribution in [0.1, 0.15) is 32.9 Å². The zero-order valence-electron chi connectivity index (χ0n) is 18.3. The minimum atomic E-state index is -0.365. The Morgan fingerprint density at radius 1 is 1.06 bits per heavy atom. The second kappa shape index (κ2) is 8.88. The van der Waals surface area contributed by atoms with E-state index in [1.54, 1.807) is 12.1 Å². The fraction of sp³-hybridized carbons (Fsp3) is 0.160. The summed E-state index contributed by atoms with van der Waals surface area (Å²) in [5.74, 6) is -0.525. The number of aromatic nitrogens is 1. The van der Waals surface area contributed by atoms with E-state index in [9.17, 15) is 9.59 Å². The Morgan fingerprint density at radius 3 is 2.41 bits per heavy atom. The number of aryl methyl sites for hydroxylation is 2. The van der Waals surface area contributed by atoms with Gasteiger partial charge in [-0.25, -0.2) is 9.79 Å². The minimum absolute atomic E-state index is 0.159. The summed E-state index contributed by atoms with van der Waals surface area (Å²) >= 11 is 1.33. The summed E-state index contributed by atoms with van der Waals surface area (Å²) in [7, 11) is 1.37. The van der Waals surface area contributed by atoms with Gasteiger partial charge in [0, 0.05) is 17.1 Å². The molecule has 1 N–H and O–H groups in total. The molecular weight excluding hydrogens is 422 g/mol. The van der Waals surface area contributed by atoms with Crippen molar-refractivity contribution >= 4 is 40.6 Å². The number of aliphatic imine (C=N–C) groups is 1. The number of carbonyl (C=O) groups is 2. The third kappa shape index (κ3) is 4.38. The fourth-order valence-corrected chi connectivity index (χ4v) is 4.39. The van der Waals surface area contributed by atoms with Gasteiger partial charge in [-0.1, -0.05) is 17.7 Å². The van der Waals surface area contributed by atoms with Crippen molar-refractivity contribution < 1.29 is 14.3 Å². The van der Waals surface area contributed by atoms with Crippen molar-refractivity contribution in [3.05, 3.63) is 87.6 Å². The Bertz CT molecular complexity index is 1250. The van der Waals surface area contributed by atoms with Crippen LogP contribution in [0, 0.1) is 20.8 Å². The number of rotatable bonds is 4. The summed E-state index contributed by atoms with van der Waals surface area (Å²) in [6, 6.07) is 17.1. The molecule has 2 aromatic carbocycles. The van der Waals surface area contributed by atoms with E-state index < -0.39 is 0 Å². The van der Waals surface area contributed by atoms with E-state index in [4.69, 9.17) is 4.74 Å². The van der Waals surface area contributed by atoms with Crippen LogP contribution >= 0.6 is 11.8 Å². The van der Waals surface area contributed by atoms with E-state index >= 15 is 0 Å². The molecule has 1 aliphatic rings. The first-order valence-electron chi connectivity index (χ1n) is 10.1. The molecule has 1 amide bonds. The summed E-state index contributed by atoms with van der Waals surface area (Å²) in [5, 5.41) is 3.40. The number of amidine groups is 1. The van der Waals surface area contributed by atoms with Crippen molar-refractivity contribution in [3.63, 3.8) is 0 Å². The third-order valence-electron chi connectivity index (χ3n) is 5.22. The number of ether oxygens (including phenoxy) is 1. The van der Waals surface area contributed by atoms with Gasteiger partial charge < -0.3 is 14.6 Å². The number of esters is 1. The van der Waals surface area contributed by atoms with Crippen LogP contribution in [0.3, 0.4) is 0 Å². The van der Waals surface area contributed by atoms with E-state index in [2.05, 4.69) is 14.9 Å². The van der Waals surface area contributed by atoms with Crippen LogP contribution in [0.25, 0.3) is 11.8 Å². The molecule has 0 radical (unpaired) electrons. The molecule has 1 saturated heterocycles. The van der Waals surface area contributed by atoms with Gasteiger partial charge in [-0.15, -0.1) is 0 Å². The van der Waals surface area contributed by atoms with Gasteiger partial charge in [0.25, 0.3) is 5.91 Å². The van der Waals surface area contributed by atoms with E-state index in [1.165, 1.54) is 18.9 Å². The van der Waals surface area contributed by atoms with Crippen molar-refractivity contribution in [1.82, 2.24) is 9.88 Å². The summed E-state index contributed by atoms with van der Waals surface area (Å²) < 4.78 is 6.86. The number of benzene rings is 2. The molecule has 0 saturated carbocycles. The highest BCUT2D eigenvalue weighted by Crippen LogP contribution is 2.30. The maximum Gasteiger partial charge on any atom is 0.337 e. The molecule has 32 heavy (non-hydrogen) atoms. The van der Waals surface area contributed by atoms with Gasteiger partial charge in [-0.05, 0) is 86.6 Å². The molecule has 1 aliphatic heterocycles.